The van der Waals surface area contributed by atoms with Crippen LogP contribution in [0.4, 0.5) is 0 Å². The van der Waals surface area contributed by atoms with Gasteiger partial charge < -0.3 is 14.2 Å². The van der Waals surface area contributed by atoms with Crippen LogP contribution in [0.15, 0.2) is 78.9 Å². The van der Waals surface area contributed by atoms with Gasteiger partial charge in [0.25, 0.3) is 0 Å². The third-order valence-corrected chi connectivity index (χ3v) is 6.32. The molecule has 1 atom stereocenters. The molecular formula is C27H30N2O3. The Morgan fingerprint density at radius 2 is 1.50 bits per heavy atom. The van der Waals surface area contributed by atoms with E-state index in [-0.39, 0.29) is 6.79 Å². The number of nitrogens with zero attached hydrogens (tertiary/aromatic N) is 2. The second kappa shape index (κ2) is 10.1. The topological polar surface area (TPSA) is 34.2 Å². The minimum atomic E-state index is 0.289. The van der Waals surface area contributed by atoms with Crippen molar-refractivity contribution in [3.63, 3.8) is 0 Å². The van der Waals surface area contributed by atoms with Crippen molar-refractivity contribution < 1.29 is 14.2 Å². The first-order chi connectivity index (χ1) is 15.8. The molecule has 2 heterocycles. The Morgan fingerprint density at radius 1 is 0.781 bits per heavy atom. The maximum absolute atomic E-state index is 5.97. The highest BCUT2D eigenvalue weighted by Gasteiger charge is 2.25. The van der Waals surface area contributed by atoms with Gasteiger partial charge in [0, 0.05) is 44.8 Å². The van der Waals surface area contributed by atoms with Crippen molar-refractivity contribution in [2.75, 3.05) is 46.1 Å². The number of ether oxygens (including phenoxy) is 3. The summed E-state index contributed by atoms with van der Waals surface area (Å²) in [5, 5.41) is 0. The van der Waals surface area contributed by atoms with E-state index in [1.807, 2.05) is 18.2 Å². The van der Waals surface area contributed by atoms with Gasteiger partial charge in [-0.3, -0.25) is 9.80 Å². The van der Waals surface area contributed by atoms with Crippen molar-refractivity contribution >= 4 is 0 Å². The molecule has 3 aromatic carbocycles. The van der Waals surface area contributed by atoms with Crippen LogP contribution in [0.1, 0.15) is 17.2 Å². The minimum absolute atomic E-state index is 0.289. The predicted octanol–water partition coefficient (Wildman–Crippen LogP) is 4.40. The molecule has 166 valence electrons. The molecular weight excluding hydrogens is 400 g/mol. The number of piperazine rings is 1. The third kappa shape index (κ3) is 5.06. The lowest BCUT2D eigenvalue weighted by molar-refractivity contribution is 0.0858. The second-order valence-electron chi connectivity index (χ2n) is 8.36. The number of rotatable bonds is 8. The standard InChI is InChI=1S/C27H30N2O3/c1-3-7-22(8-4-1)19-25(23-9-5-2-6-10-23)29-15-13-28(14-16-29)17-18-30-24-11-12-26-27(20-24)32-21-31-26/h1-12,20,25H,13-19,21H2/t25-/m0/s1. The summed E-state index contributed by atoms with van der Waals surface area (Å²) in [5.41, 5.74) is 2.79. The van der Waals surface area contributed by atoms with E-state index in [0.29, 0.717) is 12.6 Å². The van der Waals surface area contributed by atoms with Gasteiger partial charge in [0.2, 0.25) is 6.79 Å². The van der Waals surface area contributed by atoms with Gasteiger partial charge in [-0.25, -0.2) is 0 Å². The molecule has 3 aromatic rings. The Labute approximate surface area is 190 Å². The average Bonchev–Trinajstić information content (AvgIpc) is 3.32. The first-order valence-corrected chi connectivity index (χ1v) is 11.4. The summed E-state index contributed by atoms with van der Waals surface area (Å²) in [4.78, 5) is 5.13. The monoisotopic (exact) mass is 430 g/mol. The summed E-state index contributed by atoms with van der Waals surface area (Å²) < 4.78 is 16.8. The fourth-order valence-electron chi connectivity index (χ4n) is 4.53. The van der Waals surface area contributed by atoms with Crippen molar-refractivity contribution in [3.05, 3.63) is 90.0 Å². The normalized spacial score (nSPS) is 17.2. The predicted molar refractivity (Wildman–Crippen MR) is 125 cm³/mol. The van der Waals surface area contributed by atoms with Crippen molar-refractivity contribution in [3.8, 4) is 17.2 Å². The van der Waals surface area contributed by atoms with Gasteiger partial charge in [0.15, 0.2) is 11.5 Å². The van der Waals surface area contributed by atoms with Crippen molar-refractivity contribution in [2.45, 2.75) is 12.5 Å². The minimum Gasteiger partial charge on any atom is -0.492 e. The fourth-order valence-corrected chi connectivity index (χ4v) is 4.53. The summed E-state index contributed by atoms with van der Waals surface area (Å²) >= 11 is 0. The van der Waals surface area contributed by atoms with Gasteiger partial charge in [-0.1, -0.05) is 60.7 Å². The van der Waals surface area contributed by atoms with Crippen LogP contribution in [0, 0.1) is 0 Å². The molecule has 0 spiro atoms. The van der Waals surface area contributed by atoms with Crippen LogP contribution in [-0.4, -0.2) is 55.9 Å². The van der Waals surface area contributed by atoms with Gasteiger partial charge in [-0.2, -0.15) is 0 Å². The molecule has 2 aliphatic rings. The average molecular weight is 431 g/mol. The molecule has 0 unspecified atom stereocenters. The van der Waals surface area contributed by atoms with Crippen LogP contribution in [0.3, 0.4) is 0 Å². The summed E-state index contributed by atoms with van der Waals surface area (Å²) in [6.07, 6.45) is 1.04. The van der Waals surface area contributed by atoms with E-state index in [4.69, 9.17) is 14.2 Å². The summed E-state index contributed by atoms with van der Waals surface area (Å²) in [5.74, 6) is 2.39. The van der Waals surface area contributed by atoms with Crippen LogP contribution in [-0.2, 0) is 6.42 Å². The van der Waals surface area contributed by atoms with Crippen molar-refractivity contribution in [1.82, 2.24) is 9.80 Å². The molecule has 0 aliphatic carbocycles. The van der Waals surface area contributed by atoms with E-state index in [9.17, 15) is 0 Å². The summed E-state index contributed by atoms with van der Waals surface area (Å²) in [7, 11) is 0. The second-order valence-corrected chi connectivity index (χ2v) is 8.36. The maximum atomic E-state index is 5.97. The maximum Gasteiger partial charge on any atom is 0.231 e. The van der Waals surface area contributed by atoms with Gasteiger partial charge in [-0.05, 0) is 29.7 Å². The van der Waals surface area contributed by atoms with E-state index in [1.54, 1.807) is 0 Å². The molecule has 0 radical (unpaired) electrons. The SMILES string of the molecule is c1ccc(C[C@@H](c2ccccc2)N2CCN(CCOc3ccc4c(c3)OCO4)CC2)cc1. The lowest BCUT2D eigenvalue weighted by atomic mass is 9.96. The quantitative estimate of drug-likeness (QED) is 0.529. The van der Waals surface area contributed by atoms with Crippen molar-refractivity contribution in [2.24, 2.45) is 0 Å². The first kappa shape index (κ1) is 20.9. The van der Waals surface area contributed by atoms with E-state index >= 15 is 0 Å². The number of benzene rings is 3. The number of hydrogen-bond donors (Lipinski definition) is 0. The molecule has 0 saturated carbocycles. The van der Waals surface area contributed by atoms with Gasteiger partial charge in [0.05, 0.1) is 0 Å². The molecule has 1 saturated heterocycles. The highest BCUT2D eigenvalue weighted by molar-refractivity contribution is 5.46. The molecule has 2 aliphatic heterocycles. The van der Waals surface area contributed by atoms with Gasteiger partial charge in [0.1, 0.15) is 12.4 Å². The Balaban J connectivity index is 1.14. The molecule has 5 nitrogen and oxygen atoms in total. The van der Waals surface area contributed by atoms with Crippen LogP contribution >= 0.6 is 0 Å². The zero-order valence-electron chi connectivity index (χ0n) is 18.4. The molecule has 5 heteroatoms. The van der Waals surface area contributed by atoms with Gasteiger partial charge in [-0.15, -0.1) is 0 Å². The Kier molecular flexibility index (Phi) is 6.56. The largest absolute Gasteiger partial charge is 0.492 e. The molecule has 0 bridgehead atoms. The van der Waals surface area contributed by atoms with E-state index in [1.165, 1.54) is 11.1 Å². The Hall–Kier alpha value is -3.02. The number of hydrogen-bond acceptors (Lipinski definition) is 5. The molecule has 32 heavy (non-hydrogen) atoms. The van der Waals surface area contributed by atoms with E-state index < -0.39 is 0 Å². The first-order valence-electron chi connectivity index (χ1n) is 11.4. The highest BCUT2D eigenvalue weighted by atomic mass is 16.7. The van der Waals surface area contributed by atoms with E-state index in [0.717, 1.165) is 56.4 Å². The lowest BCUT2D eigenvalue weighted by Gasteiger charge is -2.39. The summed E-state index contributed by atoms with van der Waals surface area (Å²) in [6, 6.07) is 27.9. The zero-order valence-corrected chi connectivity index (χ0v) is 18.4. The van der Waals surface area contributed by atoms with Crippen LogP contribution in [0.2, 0.25) is 0 Å². The van der Waals surface area contributed by atoms with Crippen LogP contribution in [0.5, 0.6) is 17.2 Å². The third-order valence-electron chi connectivity index (χ3n) is 6.32. The van der Waals surface area contributed by atoms with Crippen LogP contribution in [0.25, 0.3) is 0 Å². The number of fused-ring (bicyclic) bond motifs is 1. The lowest BCUT2D eigenvalue weighted by Crippen LogP contribution is -2.48. The smallest absolute Gasteiger partial charge is 0.231 e. The van der Waals surface area contributed by atoms with Gasteiger partial charge >= 0.3 is 0 Å². The highest BCUT2D eigenvalue weighted by Crippen LogP contribution is 2.35. The molecule has 0 amide bonds. The Morgan fingerprint density at radius 3 is 2.28 bits per heavy atom. The fraction of sp³-hybridized carbons (Fsp3) is 0.333. The van der Waals surface area contributed by atoms with Crippen molar-refractivity contribution in [1.29, 1.82) is 0 Å². The Bertz CT molecular complexity index is 988. The summed E-state index contributed by atoms with van der Waals surface area (Å²) in [6.45, 7) is 6.14. The molecule has 0 N–H and O–H groups in total. The molecule has 5 rings (SSSR count). The zero-order chi connectivity index (χ0) is 21.6. The molecule has 0 aromatic heterocycles. The van der Waals surface area contributed by atoms with Crippen LogP contribution < -0.4 is 14.2 Å². The van der Waals surface area contributed by atoms with E-state index in [2.05, 4.69) is 70.5 Å². The molecule has 1 fully saturated rings.